The van der Waals surface area contributed by atoms with Crippen LogP contribution in [0.2, 0.25) is 0 Å². The summed E-state index contributed by atoms with van der Waals surface area (Å²) in [6.45, 7) is 8.18. The van der Waals surface area contributed by atoms with E-state index in [-0.39, 0.29) is 25.9 Å². The third kappa shape index (κ3) is 15.1. The second-order valence-corrected chi connectivity index (χ2v) is 4.65. The minimum absolute atomic E-state index is 0. The number of aliphatic carboxylic acids is 2. The first-order valence-electron chi connectivity index (χ1n) is 4.87. The molecule has 0 rings (SSSR count). The van der Waals surface area contributed by atoms with Crippen LogP contribution in [0.25, 0.3) is 0 Å². The molecule has 0 spiro atoms. The van der Waals surface area contributed by atoms with Crippen molar-refractivity contribution in [3.05, 3.63) is 25.3 Å². The molecule has 0 aliphatic rings. The van der Waals surface area contributed by atoms with Gasteiger partial charge in [0.1, 0.15) is 0 Å². The predicted molar refractivity (Wildman–Crippen MR) is 74.4 cm³/mol. The number of rotatable bonds is 8. The zero-order valence-corrected chi connectivity index (χ0v) is 13.0. The van der Waals surface area contributed by atoms with Crippen LogP contribution in [0.1, 0.15) is 9.27 Å². The molecule has 20 heavy (non-hydrogen) atoms. The maximum atomic E-state index is 10.2. The van der Waals surface area contributed by atoms with Crippen molar-refractivity contribution in [1.82, 2.24) is 0 Å². The van der Waals surface area contributed by atoms with Gasteiger partial charge in [-0.3, -0.25) is 14.1 Å². The molecule has 0 heterocycles. The molecule has 0 aliphatic carbocycles. The van der Waals surface area contributed by atoms with Crippen molar-refractivity contribution >= 4 is 45.1 Å². The van der Waals surface area contributed by atoms with Crippen LogP contribution in [0.4, 0.5) is 0 Å². The molecule has 3 N–H and O–H groups in total. The fraction of sp³-hybridized carbons (Fsp3) is 0.400. The van der Waals surface area contributed by atoms with Crippen molar-refractivity contribution < 1.29 is 40.4 Å². The normalized spacial score (nSPS) is 11.1. The number of carboxylic acids is 2. The van der Waals surface area contributed by atoms with Gasteiger partial charge in [0.2, 0.25) is 0 Å². The average molecular weight is 323 g/mol. The van der Waals surface area contributed by atoms with Crippen molar-refractivity contribution in [1.29, 1.82) is 0 Å². The molecule has 114 valence electrons. The quantitative estimate of drug-likeness (QED) is 0.246. The van der Waals surface area contributed by atoms with Gasteiger partial charge >= 0.3 is 35.0 Å². The maximum Gasteiger partial charge on any atom is 2.00 e. The number of hydrogen-bond donors (Lipinski definition) is 3. The fourth-order valence-electron chi connectivity index (χ4n) is 0.713. The third-order valence-electron chi connectivity index (χ3n) is 1.47. The van der Waals surface area contributed by atoms with E-state index in [1.807, 2.05) is 0 Å². The summed E-state index contributed by atoms with van der Waals surface area (Å²) in [5.74, 6) is -3.50. The number of carbonyl (C=O) groups is 2. The molecular formula is C10H18MgO8S. The van der Waals surface area contributed by atoms with E-state index in [4.69, 9.17) is 19.5 Å². The van der Waals surface area contributed by atoms with Crippen LogP contribution in [0.5, 0.6) is 0 Å². The van der Waals surface area contributed by atoms with E-state index < -0.39 is 33.7 Å². The molecule has 0 aromatic heterocycles. The van der Waals surface area contributed by atoms with Crippen LogP contribution in [-0.4, -0.2) is 76.6 Å². The average Bonchev–Trinajstić information content (AvgIpc) is 2.25. The van der Waals surface area contributed by atoms with Gasteiger partial charge in [0.25, 0.3) is 10.1 Å². The molecule has 0 aromatic carbocycles. The summed E-state index contributed by atoms with van der Waals surface area (Å²) < 4.78 is 33.6. The molecule has 1 atom stereocenters. The number of hydrogen-bond acceptors (Lipinski definition) is 5. The minimum atomic E-state index is -4.84. The van der Waals surface area contributed by atoms with Crippen LogP contribution in [-0.2, 0) is 24.4 Å². The Morgan fingerprint density at radius 1 is 1.20 bits per heavy atom. The van der Waals surface area contributed by atoms with Crippen molar-refractivity contribution in [2.75, 3.05) is 13.2 Å². The topological polar surface area (TPSA) is 138 Å². The van der Waals surface area contributed by atoms with Crippen LogP contribution < -0.4 is 0 Å². The molecule has 0 bridgehead atoms. The minimum Gasteiger partial charge on any atom is -1.00 e. The summed E-state index contributed by atoms with van der Waals surface area (Å²) in [6.07, 6.45) is 2.27. The molecular weight excluding hydrogens is 304 g/mol. The summed E-state index contributed by atoms with van der Waals surface area (Å²) in [4.78, 5) is 20.0. The van der Waals surface area contributed by atoms with Gasteiger partial charge in [0.15, 0.2) is 5.25 Å². The monoisotopic (exact) mass is 322 g/mol. The van der Waals surface area contributed by atoms with E-state index in [0.29, 0.717) is 13.2 Å². The van der Waals surface area contributed by atoms with E-state index in [0.717, 1.165) is 0 Å². The van der Waals surface area contributed by atoms with E-state index in [2.05, 4.69) is 13.2 Å². The Morgan fingerprint density at radius 3 is 1.75 bits per heavy atom. The molecule has 0 fully saturated rings. The second-order valence-electron chi connectivity index (χ2n) is 3.05. The first-order valence-corrected chi connectivity index (χ1v) is 6.37. The summed E-state index contributed by atoms with van der Waals surface area (Å²) in [5, 5.41) is 13.9. The van der Waals surface area contributed by atoms with Gasteiger partial charge in [-0.25, -0.2) is 0 Å². The Bertz CT molecular complexity index is 419. The van der Waals surface area contributed by atoms with Gasteiger partial charge in [0, 0.05) is 0 Å². The van der Waals surface area contributed by atoms with Gasteiger partial charge in [-0.15, -0.1) is 13.2 Å². The molecule has 10 heteroatoms. The van der Waals surface area contributed by atoms with E-state index >= 15 is 0 Å². The standard InChI is InChI=1S/C6H10O.C4H6O7S.Mg.2H/c1-3-5-7-6-4-2;5-3(6)1-2(4(7)8)12(9,10)11;;;/h3-4H,1-2,5-6H2;2H,1H2,(H,5,6)(H,7,8)(H,9,10,11);;;/q;;+2;2*-1. The summed E-state index contributed by atoms with van der Waals surface area (Å²) in [7, 11) is -4.84. The summed E-state index contributed by atoms with van der Waals surface area (Å²) in [5.41, 5.74) is 0. The van der Waals surface area contributed by atoms with Crippen molar-refractivity contribution in [3.8, 4) is 0 Å². The maximum absolute atomic E-state index is 10.2. The molecule has 0 saturated carbocycles. The smallest absolute Gasteiger partial charge is 1.00 e. The van der Waals surface area contributed by atoms with E-state index in [9.17, 15) is 18.0 Å². The molecule has 0 amide bonds. The number of ether oxygens (including phenoxy) is 1. The predicted octanol–water partition coefficient (Wildman–Crippen LogP) is 0.0213. The van der Waals surface area contributed by atoms with Crippen LogP contribution >= 0.6 is 0 Å². The molecule has 0 saturated heterocycles. The largest absolute Gasteiger partial charge is 2.00 e. The molecule has 8 nitrogen and oxygen atoms in total. The van der Waals surface area contributed by atoms with Crippen molar-refractivity contribution in [3.63, 3.8) is 0 Å². The van der Waals surface area contributed by atoms with Gasteiger partial charge < -0.3 is 17.8 Å². The zero-order chi connectivity index (χ0) is 15.5. The second kappa shape index (κ2) is 13.1. The van der Waals surface area contributed by atoms with Crippen molar-refractivity contribution in [2.45, 2.75) is 11.7 Å². The zero-order valence-electron chi connectivity index (χ0n) is 12.8. The third-order valence-corrected chi connectivity index (χ3v) is 2.55. The van der Waals surface area contributed by atoms with Crippen LogP contribution in [0, 0.1) is 0 Å². The van der Waals surface area contributed by atoms with E-state index in [1.165, 1.54) is 0 Å². The van der Waals surface area contributed by atoms with Gasteiger partial charge in [-0.1, -0.05) is 12.2 Å². The van der Waals surface area contributed by atoms with Crippen molar-refractivity contribution in [2.24, 2.45) is 0 Å². The number of carboxylic acid groups (broad SMARTS) is 2. The SMILES string of the molecule is C=CCOCC=C.O=C(O)CC(C(=O)O)S(=O)(=O)O.[H-].[H-].[Mg+2]. The Kier molecular flexibility index (Phi) is 15.7. The first-order chi connectivity index (χ1) is 8.66. The Labute approximate surface area is 136 Å². The van der Waals surface area contributed by atoms with Crippen LogP contribution in [0.3, 0.4) is 0 Å². The first kappa shape index (κ1) is 24.1. The molecule has 1 unspecified atom stereocenters. The molecule has 0 aromatic rings. The van der Waals surface area contributed by atoms with Crippen LogP contribution in [0.15, 0.2) is 25.3 Å². The van der Waals surface area contributed by atoms with E-state index in [1.54, 1.807) is 12.2 Å². The van der Waals surface area contributed by atoms with Gasteiger partial charge in [-0.2, -0.15) is 8.42 Å². The van der Waals surface area contributed by atoms with Gasteiger partial charge in [-0.05, 0) is 0 Å². The Balaban J connectivity index is -0.0000000850. The Hall–Kier alpha value is -0.944. The fourth-order valence-corrected chi connectivity index (χ4v) is 1.32. The molecule has 0 aliphatic heterocycles. The summed E-state index contributed by atoms with van der Waals surface area (Å²) >= 11 is 0. The molecule has 0 radical (unpaired) electrons. The Morgan fingerprint density at radius 2 is 1.60 bits per heavy atom. The van der Waals surface area contributed by atoms with Gasteiger partial charge in [0.05, 0.1) is 19.6 Å². The summed E-state index contributed by atoms with van der Waals surface area (Å²) in [6, 6.07) is 0.